The molecule has 0 bridgehead atoms. The Morgan fingerprint density at radius 3 is 2.18 bits per heavy atom. The molecule has 4 nitrogen and oxygen atoms in total. The van der Waals surface area contributed by atoms with E-state index >= 15 is 0 Å². The molecule has 0 saturated heterocycles. The van der Waals surface area contributed by atoms with E-state index < -0.39 is 0 Å². The van der Waals surface area contributed by atoms with Crippen LogP contribution in [0, 0.1) is 0 Å². The average Bonchev–Trinajstić information content (AvgIpc) is 2.13. The van der Waals surface area contributed by atoms with Gasteiger partial charge in [0.25, 0.3) is 0 Å². The van der Waals surface area contributed by atoms with Crippen LogP contribution < -0.4 is 5.32 Å². The minimum Gasteiger partial charge on any atom is -0.338 e. The molecule has 4 heteroatoms. The zero-order valence-corrected chi connectivity index (χ0v) is 12.5. The molecule has 0 aliphatic heterocycles. The summed E-state index contributed by atoms with van der Waals surface area (Å²) in [7, 11) is 4.06. The molecule has 0 heterocycles. The van der Waals surface area contributed by atoms with Gasteiger partial charge in [-0.2, -0.15) is 0 Å². The molecule has 1 unspecified atom stereocenters. The number of carbonyl (C=O) groups is 1. The molecule has 0 spiro atoms. The predicted molar refractivity (Wildman–Crippen MR) is 73.2 cm³/mol. The van der Waals surface area contributed by atoms with Gasteiger partial charge in [0.05, 0.1) is 6.54 Å². The highest BCUT2D eigenvalue weighted by Gasteiger charge is 2.20. The Kier molecular flexibility index (Phi) is 6.72. The Bertz CT molecular complexity index is 233. The lowest BCUT2D eigenvalue weighted by Crippen LogP contribution is -2.49. The van der Waals surface area contributed by atoms with Crippen molar-refractivity contribution in [2.45, 2.75) is 46.2 Å². The highest BCUT2D eigenvalue weighted by atomic mass is 16.2. The summed E-state index contributed by atoms with van der Waals surface area (Å²) in [4.78, 5) is 16.1. The molecule has 17 heavy (non-hydrogen) atoms. The van der Waals surface area contributed by atoms with E-state index in [1.54, 1.807) is 0 Å². The Hall–Kier alpha value is -0.610. The lowest BCUT2D eigenvalue weighted by molar-refractivity contribution is -0.132. The quantitative estimate of drug-likeness (QED) is 0.761. The Labute approximate surface area is 106 Å². The van der Waals surface area contributed by atoms with Crippen molar-refractivity contribution in [3.63, 3.8) is 0 Å². The van der Waals surface area contributed by atoms with Gasteiger partial charge < -0.3 is 15.1 Å². The maximum atomic E-state index is 12.1. The molecule has 0 aromatic heterocycles. The fraction of sp³-hybridized carbons (Fsp3) is 0.923. The van der Waals surface area contributed by atoms with Gasteiger partial charge in [0.2, 0.25) is 5.91 Å². The number of hydrogen-bond donors (Lipinski definition) is 1. The third kappa shape index (κ3) is 7.34. The van der Waals surface area contributed by atoms with Crippen molar-refractivity contribution in [3.05, 3.63) is 0 Å². The number of hydrogen-bond acceptors (Lipinski definition) is 3. The third-order valence-electron chi connectivity index (χ3n) is 2.59. The summed E-state index contributed by atoms with van der Waals surface area (Å²) in [5.41, 5.74) is -0.0140. The van der Waals surface area contributed by atoms with Gasteiger partial charge in [-0.3, -0.25) is 4.79 Å². The fourth-order valence-corrected chi connectivity index (χ4v) is 1.80. The van der Waals surface area contributed by atoms with Crippen LogP contribution in [0.5, 0.6) is 0 Å². The lowest BCUT2D eigenvalue weighted by Gasteiger charge is -2.31. The maximum absolute atomic E-state index is 12.1. The average molecular weight is 243 g/mol. The van der Waals surface area contributed by atoms with Crippen LogP contribution in [-0.4, -0.2) is 61.0 Å². The minimum atomic E-state index is -0.0140. The van der Waals surface area contributed by atoms with Crippen LogP contribution in [0.2, 0.25) is 0 Å². The molecular weight excluding hydrogens is 214 g/mol. The van der Waals surface area contributed by atoms with Gasteiger partial charge in [-0.25, -0.2) is 0 Å². The van der Waals surface area contributed by atoms with Crippen LogP contribution in [-0.2, 0) is 4.79 Å². The van der Waals surface area contributed by atoms with Crippen molar-refractivity contribution in [3.8, 4) is 0 Å². The summed E-state index contributed by atoms with van der Waals surface area (Å²) >= 11 is 0. The molecule has 0 rings (SSSR count). The summed E-state index contributed by atoms with van der Waals surface area (Å²) in [6.45, 7) is 12.4. The molecule has 1 atom stereocenters. The van der Waals surface area contributed by atoms with Crippen LogP contribution >= 0.6 is 0 Å². The summed E-state index contributed by atoms with van der Waals surface area (Å²) in [6.07, 6.45) is 0. The van der Waals surface area contributed by atoms with Gasteiger partial charge in [0.1, 0.15) is 0 Å². The van der Waals surface area contributed by atoms with Crippen molar-refractivity contribution in [2.24, 2.45) is 0 Å². The number of rotatable bonds is 6. The molecule has 0 saturated carbocycles. The summed E-state index contributed by atoms with van der Waals surface area (Å²) in [5, 5.41) is 3.24. The van der Waals surface area contributed by atoms with Crippen LogP contribution in [0.25, 0.3) is 0 Å². The first kappa shape index (κ1) is 16.4. The van der Waals surface area contributed by atoms with Crippen molar-refractivity contribution >= 4 is 5.91 Å². The second kappa shape index (κ2) is 6.97. The largest absolute Gasteiger partial charge is 0.338 e. The van der Waals surface area contributed by atoms with Gasteiger partial charge in [0.15, 0.2) is 0 Å². The molecule has 0 aromatic rings. The smallest absolute Gasteiger partial charge is 0.236 e. The molecule has 0 aliphatic rings. The van der Waals surface area contributed by atoms with E-state index in [9.17, 15) is 4.79 Å². The number of amides is 1. The van der Waals surface area contributed by atoms with Crippen molar-refractivity contribution in [1.29, 1.82) is 0 Å². The highest BCUT2D eigenvalue weighted by Crippen LogP contribution is 2.03. The number of carbonyl (C=O) groups excluding carboxylic acids is 1. The molecule has 0 aromatic carbocycles. The van der Waals surface area contributed by atoms with E-state index in [-0.39, 0.29) is 17.5 Å². The zero-order chi connectivity index (χ0) is 13.6. The van der Waals surface area contributed by atoms with E-state index in [2.05, 4.69) is 37.9 Å². The van der Waals surface area contributed by atoms with Gasteiger partial charge in [-0.1, -0.05) is 0 Å². The predicted octanol–water partition coefficient (Wildman–Crippen LogP) is 1.17. The zero-order valence-electron chi connectivity index (χ0n) is 12.5. The third-order valence-corrected chi connectivity index (χ3v) is 2.59. The second-order valence-corrected chi connectivity index (χ2v) is 5.89. The van der Waals surface area contributed by atoms with E-state index in [4.69, 9.17) is 0 Å². The topological polar surface area (TPSA) is 35.6 Å². The summed E-state index contributed by atoms with van der Waals surface area (Å²) < 4.78 is 0. The molecule has 0 fully saturated rings. The number of likely N-dealkylation sites (N-methyl/N-ethyl adjacent to an activating group) is 2. The molecule has 1 N–H and O–H groups in total. The van der Waals surface area contributed by atoms with Gasteiger partial charge in [-0.05, 0) is 48.7 Å². The normalized spacial score (nSPS) is 13.9. The first-order valence-electron chi connectivity index (χ1n) is 6.36. The standard InChI is InChI=1S/C13H29N3O/c1-8-16(11(2)10-15(6)7)12(17)9-14-13(3,4)5/h11,14H,8-10H2,1-7H3. The molecule has 0 aliphatic carbocycles. The Balaban J connectivity index is 4.30. The van der Waals surface area contributed by atoms with Crippen molar-refractivity contribution in [1.82, 2.24) is 15.1 Å². The first-order valence-corrected chi connectivity index (χ1v) is 6.36. The Morgan fingerprint density at radius 1 is 1.29 bits per heavy atom. The monoisotopic (exact) mass is 243 g/mol. The van der Waals surface area contributed by atoms with Gasteiger partial charge in [-0.15, -0.1) is 0 Å². The molecular formula is C13H29N3O. The van der Waals surface area contributed by atoms with Crippen LogP contribution in [0.3, 0.4) is 0 Å². The number of nitrogens with zero attached hydrogens (tertiary/aromatic N) is 2. The van der Waals surface area contributed by atoms with Crippen LogP contribution in [0.1, 0.15) is 34.6 Å². The maximum Gasteiger partial charge on any atom is 0.236 e. The second-order valence-electron chi connectivity index (χ2n) is 5.89. The summed E-state index contributed by atoms with van der Waals surface area (Å²) in [6, 6.07) is 0.254. The van der Waals surface area contributed by atoms with Gasteiger partial charge in [0, 0.05) is 24.7 Å². The molecule has 0 radical (unpaired) electrons. The van der Waals surface area contributed by atoms with Gasteiger partial charge >= 0.3 is 0 Å². The van der Waals surface area contributed by atoms with Crippen LogP contribution in [0.15, 0.2) is 0 Å². The lowest BCUT2D eigenvalue weighted by atomic mass is 10.1. The highest BCUT2D eigenvalue weighted by molar-refractivity contribution is 5.78. The van der Waals surface area contributed by atoms with E-state index in [1.165, 1.54) is 0 Å². The first-order chi connectivity index (χ1) is 7.67. The molecule has 102 valence electrons. The minimum absolute atomic E-state index is 0.0140. The van der Waals surface area contributed by atoms with E-state index in [1.807, 2.05) is 25.9 Å². The van der Waals surface area contributed by atoms with Crippen molar-refractivity contribution in [2.75, 3.05) is 33.7 Å². The SMILES string of the molecule is CCN(C(=O)CNC(C)(C)C)C(C)CN(C)C. The van der Waals surface area contributed by atoms with Crippen LogP contribution in [0.4, 0.5) is 0 Å². The molecule has 1 amide bonds. The Morgan fingerprint density at radius 2 is 1.82 bits per heavy atom. The van der Waals surface area contributed by atoms with Crippen molar-refractivity contribution < 1.29 is 4.79 Å². The van der Waals surface area contributed by atoms with E-state index in [0.29, 0.717) is 6.54 Å². The fourth-order valence-electron chi connectivity index (χ4n) is 1.80. The summed E-state index contributed by atoms with van der Waals surface area (Å²) in [5.74, 6) is 0.178. The van der Waals surface area contributed by atoms with E-state index in [0.717, 1.165) is 13.1 Å². The number of nitrogens with one attached hydrogen (secondary N) is 1.